The standard InChI is InChI=1S/C24H28ClN7O2S/c1-13(2)30-23-24(34)32(12-19(33)29-11-14-4-6-15(7-5-14)22(27)28)20(21(25)31-23)17-10-16(26)8-9-18(17)35-3/h4-10,13H,11-12,26H2,1-3H3,(H3,27,28)(H,29,33)(H,30,31). The van der Waals surface area contributed by atoms with Gasteiger partial charge in [0, 0.05) is 34.3 Å². The molecule has 184 valence electrons. The Morgan fingerprint density at radius 3 is 2.51 bits per heavy atom. The van der Waals surface area contributed by atoms with Crippen molar-refractivity contribution < 1.29 is 4.79 Å². The fourth-order valence-electron chi connectivity index (χ4n) is 3.43. The number of amides is 1. The number of nitrogens with zero attached hydrogens (tertiary/aromatic N) is 2. The summed E-state index contributed by atoms with van der Waals surface area (Å²) in [5.41, 5.74) is 13.9. The number of thioether (sulfide) groups is 1. The Bertz CT molecular complexity index is 1310. The van der Waals surface area contributed by atoms with E-state index in [0.717, 1.165) is 10.5 Å². The molecule has 1 heterocycles. The van der Waals surface area contributed by atoms with Gasteiger partial charge in [0.1, 0.15) is 12.4 Å². The third-order valence-electron chi connectivity index (χ3n) is 5.08. The molecule has 0 saturated carbocycles. The van der Waals surface area contributed by atoms with Gasteiger partial charge in [-0.05, 0) is 43.9 Å². The summed E-state index contributed by atoms with van der Waals surface area (Å²) >= 11 is 8.05. The molecule has 7 N–H and O–H groups in total. The lowest BCUT2D eigenvalue weighted by Crippen LogP contribution is -2.35. The van der Waals surface area contributed by atoms with Crippen molar-refractivity contribution in [3.8, 4) is 11.3 Å². The number of carbonyl (C=O) groups is 1. The SMILES string of the molecule is CSc1ccc(N)cc1-c1c(Cl)nc(NC(C)C)c(=O)n1CC(=O)NCc1ccc(C(=N)N)cc1. The van der Waals surface area contributed by atoms with Crippen molar-refractivity contribution in [3.63, 3.8) is 0 Å². The van der Waals surface area contributed by atoms with Gasteiger partial charge in [-0.2, -0.15) is 0 Å². The molecule has 1 aromatic heterocycles. The maximum Gasteiger partial charge on any atom is 0.294 e. The summed E-state index contributed by atoms with van der Waals surface area (Å²) in [6, 6.07) is 12.2. The number of nitrogens with one attached hydrogen (secondary N) is 3. The Morgan fingerprint density at radius 2 is 1.91 bits per heavy atom. The third-order valence-corrected chi connectivity index (χ3v) is 6.14. The lowest BCUT2D eigenvalue weighted by Gasteiger charge is -2.19. The Labute approximate surface area is 212 Å². The smallest absolute Gasteiger partial charge is 0.294 e. The van der Waals surface area contributed by atoms with E-state index in [1.165, 1.54) is 16.3 Å². The zero-order valence-electron chi connectivity index (χ0n) is 19.7. The number of aromatic nitrogens is 2. The highest BCUT2D eigenvalue weighted by Gasteiger charge is 2.21. The summed E-state index contributed by atoms with van der Waals surface area (Å²) in [4.78, 5) is 31.4. The van der Waals surface area contributed by atoms with Crippen molar-refractivity contribution in [2.75, 3.05) is 17.3 Å². The molecule has 2 aromatic carbocycles. The van der Waals surface area contributed by atoms with E-state index in [2.05, 4.69) is 15.6 Å². The van der Waals surface area contributed by atoms with Gasteiger partial charge in [0.15, 0.2) is 11.0 Å². The van der Waals surface area contributed by atoms with Crippen molar-refractivity contribution in [2.45, 2.75) is 37.9 Å². The van der Waals surface area contributed by atoms with E-state index in [9.17, 15) is 9.59 Å². The summed E-state index contributed by atoms with van der Waals surface area (Å²) in [5.74, 6) is -0.341. The van der Waals surface area contributed by atoms with E-state index in [1.54, 1.807) is 36.4 Å². The number of halogens is 1. The van der Waals surface area contributed by atoms with E-state index < -0.39 is 5.56 Å². The number of nitrogens with two attached hydrogens (primary N) is 2. The molecule has 0 bridgehead atoms. The monoisotopic (exact) mass is 513 g/mol. The number of nitrogen functional groups attached to an aromatic ring is 2. The second kappa shape index (κ2) is 11.3. The van der Waals surface area contributed by atoms with Crippen molar-refractivity contribution in [3.05, 3.63) is 69.1 Å². The molecule has 11 heteroatoms. The van der Waals surface area contributed by atoms with Gasteiger partial charge < -0.3 is 22.1 Å². The van der Waals surface area contributed by atoms with Gasteiger partial charge in [-0.3, -0.25) is 19.6 Å². The van der Waals surface area contributed by atoms with Crippen LogP contribution in [-0.4, -0.2) is 33.6 Å². The van der Waals surface area contributed by atoms with Gasteiger partial charge >= 0.3 is 0 Å². The van der Waals surface area contributed by atoms with Crippen LogP contribution in [0.3, 0.4) is 0 Å². The van der Waals surface area contributed by atoms with Gasteiger partial charge in [-0.1, -0.05) is 35.9 Å². The highest BCUT2D eigenvalue weighted by molar-refractivity contribution is 7.98. The minimum atomic E-state index is -0.464. The Morgan fingerprint density at radius 1 is 1.23 bits per heavy atom. The fourth-order valence-corrected chi connectivity index (χ4v) is 4.30. The third kappa shape index (κ3) is 6.34. The molecule has 0 aliphatic rings. The first-order valence-electron chi connectivity index (χ1n) is 10.8. The molecule has 0 saturated heterocycles. The van der Waals surface area contributed by atoms with Crippen LogP contribution in [0, 0.1) is 5.41 Å². The molecule has 0 fully saturated rings. The largest absolute Gasteiger partial charge is 0.399 e. The van der Waals surface area contributed by atoms with Crippen LogP contribution in [0.25, 0.3) is 11.3 Å². The number of rotatable bonds is 9. The van der Waals surface area contributed by atoms with Crippen molar-refractivity contribution in [1.29, 1.82) is 5.41 Å². The molecular weight excluding hydrogens is 486 g/mol. The first-order valence-corrected chi connectivity index (χ1v) is 12.4. The number of carbonyl (C=O) groups excluding carboxylic acids is 1. The van der Waals surface area contributed by atoms with Crippen LogP contribution in [-0.2, 0) is 17.9 Å². The van der Waals surface area contributed by atoms with Crippen LogP contribution in [0.2, 0.25) is 5.15 Å². The molecule has 0 spiro atoms. The molecule has 0 atom stereocenters. The molecule has 0 unspecified atom stereocenters. The number of anilines is 2. The lowest BCUT2D eigenvalue weighted by molar-refractivity contribution is -0.121. The average Bonchev–Trinajstić information content (AvgIpc) is 2.81. The lowest BCUT2D eigenvalue weighted by atomic mass is 10.1. The van der Waals surface area contributed by atoms with Crippen LogP contribution in [0.15, 0.2) is 52.2 Å². The number of benzene rings is 2. The number of amidine groups is 1. The van der Waals surface area contributed by atoms with Crippen LogP contribution >= 0.6 is 23.4 Å². The van der Waals surface area contributed by atoms with Crippen LogP contribution in [0.4, 0.5) is 11.5 Å². The zero-order chi connectivity index (χ0) is 25.7. The molecule has 9 nitrogen and oxygen atoms in total. The van der Waals surface area contributed by atoms with E-state index in [0.29, 0.717) is 22.5 Å². The van der Waals surface area contributed by atoms with Crippen LogP contribution in [0.1, 0.15) is 25.0 Å². The zero-order valence-corrected chi connectivity index (χ0v) is 21.3. The van der Waals surface area contributed by atoms with Crippen LogP contribution in [0.5, 0.6) is 0 Å². The molecule has 0 aliphatic heterocycles. The van der Waals surface area contributed by atoms with Crippen LogP contribution < -0.4 is 27.7 Å². The first kappa shape index (κ1) is 26.1. The normalized spacial score (nSPS) is 10.9. The molecule has 0 aliphatic carbocycles. The summed E-state index contributed by atoms with van der Waals surface area (Å²) in [7, 11) is 0. The molecule has 35 heavy (non-hydrogen) atoms. The minimum Gasteiger partial charge on any atom is -0.399 e. The van der Waals surface area contributed by atoms with Gasteiger partial charge in [0.2, 0.25) is 5.91 Å². The van der Waals surface area contributed by atoms with Crippen molar-refractivity contribution in [1.82, 2.24) is 14.9 Å². The summed E-state index contributed by atoms with van der Waals surface area (Å²) < 4.78 is 1.32. The molecule has 3 rings (SSSR count). The second-order valence-corrected chi connectivity index (χ2v) is 9.34. The summed E-state index contributed by atoms with van der Waals surface area (Å²) in [6.07, 6.45) is 1.90. The minimum absolute atomic E-state index is 0.0287. The molecule has 1 amide bonds. The quantitative estimate of drug-likeness (QED) is 0.127. The van der Waals surface area contributed by atoms with Gasteiger partial charge in [-0.15, -0.1) is 11.8 Å². The van der Waals surface area contributed by atoms with Gasteiger partial charge in [-0.25, -0.2) is 4.98 Å². The van der Waals surface area contributed by atoms with E-state index in [1.807, 2.05) is 26.2 Å². The Balaban J connectivity index is 1.98. The Kier molecular flexibility index (Phi) is 8.42. The van der Waals surface area contributed by atoms with Gasteiger partial charge in [0.25, 0.3) is 5.56 Å². The highest BCUT2D eigenvalue weighted by atomic mass is 35.5. The molecular formula is C24H28ClN7O2S. The molecule has 0 radical (unpaired) electrons. The van der Waals surface area contributed by atoms with E-state index >= 15 is 0 Å². The van der Waals surface area contributed by atoms with Crippen molar-refractivity contribution >= 4 is 46.6 Å². The fraction of sp³-hybridized carbons (Fsp3) is 0.250. The summed E-state index contributed by atoms with van der Waals surface area (Å²) in [5, 5.41) is 13.4. The first-order chi connectivity index (χ1) is 16.6. The maximum absolute atomic E-state index is 13.4. The van der Waals surface area contributed by atoms with E-state index in [4.69, 9.17) is 28.5 Å². The molecule has 3 aromatic rings. The summed E-state index contributed by atoms with van der Waals surface area (Å²) in [6.45, 7) is 3.73. The maximum atomic E-state index is 13.4. The predicted octanol–water partition coefficient (Wildman–Crippen LogP) is 3.29. The number of hydrogen-bond acceptors (Lipinski definition) is 7. The predicted molar refractivity (Wildman–Crippen MR) is 143 cm³/mol. The van der Waals surface area contributed by atoms with Crippen molar-refractivity contribution in [2.24, 2.45) is 5.73 Å². The van der Waals surface area contributed by atoms with Gasteiger partial charge in [0.05, 0.1) is 5.69 Å². The average molecular weight is 514 g/mol. The highest BCUT2D eigenvalue weighted by Crippen LogP contribution is 2.35. The Hall–Kier alpha value is -3.50. The van der Waals surface area contributed by atoms with E-state index in [-0.39, 0.29) is 41.8 Å². The number of hydrogen-bond donors (Lipinski definition) is 5. The second-order valence-electron chi connectivity index (χ2n) is 8.14. The topological polar surface area (TPSA) is 152 Å².